The highest BCUT2D eigenvalue weighted by molar-refractivity contribution is 7.91. The molecule has 0 unspecified atom stereocenters. The first-order chi connectivity index (χ1) is 14.9. The summed E-state index contributed by atoms with van der Waals surface area (Å²) in [6, 6.07) is 14.3. The average Bonchev–Trinajstić information content (AvgIpc) is 3.29. The summed E-state index contributed by atoms with van der Waals surface area (Å²) in [5.41, 5.74) is 9.49. The van der Waals surface area contributed by atoms with Crippen LogP contribution in [0.3, 0.4) is 0 Å². The molecule has 0 spiro atoms. The Morgan fingerprint density at radius 1 is 0.903 bits per heavy atom. The summed E-state index contributed by atoms with van der Waals surface area (Å²) < 4.78 is 29.8. The maximum absolute atomic E-state index is 12.0. The molecule has 0 aliphatic heterocycles. The number of hydrogen-bond acceptors (Lipinski definition) is 8. The molecular formula is C22H21N5O3S. The van der Waals surface area contributed by atoms with Crippen LogP contribution in [0.4, 0.5) is 5.82 Å². The first-order valence-electron chi connectivity index (χ1n) is 9.80. The molecule has 2 heterocycles. The Morgan fingerprint density at radius 3 is 2.19 bits per heavy atom. The van der Waals surface area contributed by atoms with Crippen molar-refractivity contribution in [2.45, 2.75) is 25.2 Å². The molecule has 31 heavy (non-hydrogen) atoms. The summed E-state index contributed by atoms with van der Waals surface area (Å²) in [7, 11) is -3.27. The van der Waals surface area contributed by atoms with Crippen LogP contribution < -0.4 is 5.73 Å². The molecule has 2 aromatic carbocycles. The van der Waals surface area contributed by atoms with Crippen molar-refractivity contribution in [1.29, 1.82) is 0 Å². The smallest absolute Gasteiger partial charge is 0.270 e. The number of rotatable bonds is 6. The van der Waals surface area contributed by atoms with E-state index in [1.54, 1.807) is 31.2 Å². The minimum Gasteiger partial charge on any atom is -0.414 e. The van der Waals surface area contributed by atoms with Gasteiger partial charge in [-0.05, 0) is 36.2 Å². The Kier molecular flexibility index (Phi) is 5.51. The monoisotopic (exact) mass is 435 g/mol. The molecule has 2 aromatic heterocycles. The van der Waals surface area contributed by atoms with Gasteiger partial charge in [0.2, 0.25) is 5.89 Å². The van der Waals surface area contributed by atoms with Crippen molar-refractivity contribution in [2.24, 2.45) is 0 Å². The van der Waals surface area contributed by atoms with E-state index in [1.807, 2.05) is 24.3 Å². The van der Waals surface area contributed by atoms with E-state index < -0.39 is 9.84 Å². The molecule has 2 N–H and O–H groups in total. The van der Waals surface area contributed by atoms with Crippen molar-refractivity contribution in [3.05, 3.63) is 60.3 Å². The third kappa shape index (κ3) is 4.17. The summed E-state index contributed by atoms with van der Waals surface area (Å²) in [5, 5.41) is 8.18. The lowest BCUT2D eigenvalue weighted by atomic mass is 10.1. The average molecular weight is 436 g/mol. The van der Waals surface area contributed by atoms with Crippen LogP contribution in [0.2, 0.25) is 0 Å². The largest absolute Gasteiger partial charge is 0.414 e. The van der Waals surface area contributed by atoms with Gasteiger partial charge >= 0.3 is 0 Å². The minimum atomic E-state index is -3.27. The van der Waals surface area contributed by atoms with Gasteiger partial charge in [0.05, 0.1) is 22.5 Å². The first-order valence-corrected chi connectivity index (χ1v) is 11.5. The molecule has 0 fully saturated rings. The zero-order valence-electron chi connectivity index (χ0n) is 17.1. The molecule has 0 radical (unpaired) electrons. The molecule has 4 aromatic rings. The van der Waals surface area contributed by atoms with Crippen molar-refractivity contribution in [3.63, 3.8) is 0 Å². The third-order valence-electron chi connectivity index (χ3n) is 4.93. The van der Waals surface area contributed by atoms with Gasteiger partial charge in [0, 0.05) is 11.1 Å². The lowest BCUT2D eigenvalue weighted by Gasteiger charge is -2.06. The van der Waals surface area contributed by atoms with Crippen LogP contribution in [0.5, 0.6) is 0 Å². The Hall–Kier alpha value is -3.59. The molecule has 0 bridgehead atoms. The summed E-state index contributed by atoms with van der Waals surface area (Å²) in [6.45, 7) is 3.70. The van der Waals surface area contributed by atoms with E-state index in [0.717, 1.165) is 12.0 Å². The number of nitrogen functional groups attached to an aromatic ring is 1. The number of nitrogens with two attached hydrogens (primary N) is 1. The summed E-state index contributed by atoms with van der Waals surface area (Å²) in [5.74, 6) is 0.717. The van der Waals surface area contributed by atoms with E-state index in [9.17, 15) is 8.42 Å². The van der Waals surface area contributed by atoms with Crippen molar-refractivity contribution < 1.29 is 12.8 Å². The molecular weight excluding hydrogens is 414 g/mol. The van der Waals surface area contributed by atoms with Gasteiger partial charge in [-0.15, -0.1) is 10.2 Å². The van der Waals surface area contributed by atoms with Crippen LogP contribution in [0.15, 0.2) is 64.0 Å². The summed E-state index contributed by atoms with van der Waals surface area (Å²) in [6.07, 6.45) is 2.46. The Morgan fingerprint density at radius 2 is 1.55 bits per heavy atom. The van der Waals surface area contributed by atoms with Crippen LogP contribution in [-0.4, -0.2) is 34.3 Å². The minimum absolute atomic E-state index is 0.0405. The van der Waals surface area contributed by atoms with E-state index in [4.69, 9.17) is 10.2 Å². The quantitative estimate of drug-likeness (QED) is 0.485. The van der Waals surface area contributed by atoms with Crippen LogP contribution >= 0.6 is 0 Å². The number of aryl methyl sites for hydroxylation is 1. The third-order valence-corrected chi connectivity index (χ3v) is 6.68. The molecule has 4 rings (SSSR count). The van der Waals surface area contributed by atoms with Crippen LogP contribution in [-0.2, 0) is 16.3 Å². The van der Waals surface area contributed by atoms with Gasteiger partial charge in [-0.2, -0.15) is 0 Å². The van der Waals surface area contributed by atoms with E-state index in [-0.39, 0.29) is 28.1 Å². The van der Waals surface area contributed by atoms with Gasteiger partial charge in [-0.25, -0.2) is 18.4 Å². The highest BCUT2D eigenvalue weighted by Gasteiger charge is 2.17. The predicted octanol–water partition coefficient (Wildman–Crippen LogP) is 3.80. The van der Waals surface area contributed by atoms with E-state index >= 15 is 0 Å². The molecule has 9 heteroatoms. The SMILES string of the molecule is CCc1ccc(-c2nnc(-c3nc(-c4ccc(S(=O)(=O)CC)cc4)cnc3N)o2)cc1. The summed E-state index contributed by atoms with van der Waals surface area (Å²) >= 11 is 0. The first kappa shape index (κ1) is 20.7. The fraction of sp³-hybridized carbons (Fsp3) is 0.182. The highest BCUT2D eigenvalue weighted by atomic mass is 32.2. The second-order valence-electron chi connectivity index (χ2n) is 6.88. The Labute approximate surface area is 180 Å². The zero-order chi connectivity index (χ0) is 22.0. The second-order valence-corrected chi connectivity index (χ2v) is 9.16. The molecule has 0 saturated heterocycles. The van der Waals surface area contributed by atoms with Gasteiger partial charge in [0.15, 0.2) is 21.3 Å². The number of benzene rings is 2. The van der Waals surface area contributed by atoms with Crippen LogP contribution in [0, 0.1) is 0 Å². The van der Waals surface area contributed by atoms with Gasteiger partial charge in [0.1, 0.15) is 0 Å². The standard InChI is InChI=1S/C22H21N5O3S/c1-3-14-5-7-16(8-6-14)21-26-27-22(30-21)19-20(23)24-13-18(25-19)15-9-11-17(12-10-15)31(28,29)4-2/h5-13H,3-4H2,1-2H3,(H2,23,24). The molecule has 0 aliphatic rings. The van der Waals surface area contributed by atoms with Crippen LogP contribution in [0.1, 0.15) is 19.4 Å². The molecule has 0 atom stereocenters. The fourth-order valence-electron chi connectivity index (χ4n) is 3.01. The molecule has 0 aliphatic carbocycles. The maximum atomic E-state index is 12.0. The molecule has 0 amide bonds. The number of hydrogen-bond donors (Lipinski definition) is 1. The van der Waals surface area contributed by atoms with Crippen LogP contribution in [0.25, 0.3) is 34.3 Å². The predicted molar refractivity (Wildman–Crippen MR) is 118 cm³/mol. The maximum Gasteiger partial charge on any atom is 0.270 e. The number of sulfone groups is 1. The lowest BCUT2D eigenvalue weighted by molar-refractivity contribution is 0.582. The van der Waals surface area contributed by atoms with Gasteiger partial charge in [-0.1, -0.05) is 38.1 Å². The lowest BCUT2D eigenvalue weighted by Crippen LogP contribution is -2.03. The van der Waals surface area contributed by atoms with E-state index in [1.165, 1.54) is 11.8 Å². The van der Waals surface area contributed by atoms with Crippen molar-refractivity contribution >= 4 is 15.7 Å². The summed E-state index contributed by atoms with van der Waals surface area (Å²) in [4.78, 5) is 8.98. The van der Waals surface area contributed by atoms with E-state index in [2.05, 4.69) is 27.1 Å². The highest BCUT2D eigenvalue weighted by Crippen LogP contribution is 2.28. The Balaban J connectivity index is 1.66. The van der Waals surface area contributed by atoms with Gasteiger partial charge in [0.25, 0.3) is 5.89 Å². The molecule has 8 nitrogen and oxygen atoms in total. The normalized spacial score (nSPS) is 11.5. The topological polar surface area (TPSA) is 125 Å². The molecule has 158 valence electrons. The van der Waals surface area contributed by atoms with Crippen molar-refractivity contribution in [3.8, 4) is 34.3 Å². The number of aromatic nitrogens is 4. The van der Waals surface area contributed by atoms with Crippen molar-refractivity contribution in [2.75, 3.05) is 11.5 Å². The van der Waals surface area contributed by atoms with Crippen molar-refractivity contribution in [1.82, 2.24) is 20.2 Å². The van der Waals surface area contributed by atoms with Gasteiger partial charge < -0.3 is 10.2 Å². The zero-order valence-corrected chi connectivity index (χ0v) is 17.9. The Bertz CT molecular complexity index is 1310. The fourth-order valence-corrected chi connectivity index (χ4v) is 3.90. The number of anilines is 1. The number of nitrogens with zero attached hydrogens (tertiary/aromatic N) is 4. The second kappa shape index (κ2) is 8.27. The van der Waals surface area contributed by atoms with Gasteiger partial charge in [-0.3, -0.25) is 0 Å². The molecule has 0 saturated carbocycles. The van der Waals surface area contributed by atoms with E-state index in [0.29, 0.717) is 17.1 Å².